The number of nitrogens with zero attached hydrogens (tertiary/aromatic N) is 1. The summed E-state index contributed by atoms with van der Waals surface area (Å²) in [4.78, 5) is 12.1. The Kier molecular flexibility index (Phi) is 3.96. The number of hydrogen-bond donors (Lipinski definition) is 0. The minimum atomic E-state index is -4.20. The molecule has 1 fully saturated rings. The van der Waals surface area contributed by atoms with Crippen molar-refractivity contribution in [3.8, 4) is 0 Å². The molecule has 0 spiro atoms. The van der Waals surface area contributed by atoms with E-state index in [4.69, 9.17) is 0 Å². The van der Waals surface area contributed by atoms with E-state index in [-0.39, 0.29) is 19.0 Å². The van der Waals surface area contributed by atoms with E-state index in [1.807, 2.05) is 0 Å². The minimum absolute atomic E-state index is 0.00344. The van der Waals surface area contributed by atoms with Crippen LogP contribution in [0.2, 0.25) is 0 Å². The zero-order chi connectivity index (χ0) is 11.5. The number of carbonyl (C=O) groups is 1. The fourth-order valence-corrected chi connectivity index (χ4v) is 1.40. The van der Waals surface area contributed by atoms with Crippen LogP contribution in [0, 0.1) is 0 Å². The summed E-state index contributed by atoms with van der Waals surface area (Å²) in [6.45, 7) is -0.814. The highest BCUT2D eigenvalue weighted by Crippen LogP contribution is 2.30. The first-order valence-corrected chi connectivity index (χ1v) is 4.80. The van der Waals surface area contributed by atoms with Gasteiger partial charge < -0.3 is 4.74 Å². The number of hydrogen-bond acceptors (Lipinski definition) is 3. The average molecular weight is 225 g/mol. The number of ether oxygens (including phenoxy) is 1. The zero-order valence-corrected chi connectivity index (χ0v) is 8.51. The number of methoxy groups -OCH3 is 1. The third kappa shape index (κ3) is 5.01. The first kappa shape index (κ1) is 12.3. The molecule has 0 atom stereocenters. The predicted molar refractivity (Wildman–Crippen MR) is 47.3 cm³/mol. The molecule has 0 aromatic heterocycles. The zero-order valence-electron chi connectivity index (χ0n) is 8.51. The molecule has 15 heavy (non-hydrogen) atoms. The lowest BCUT2D eigenvalue weighted by molar-refractivity contribution is -0.151. The van der Waals surface area contributed by atoms with E-state index in [9.17, 15) is 18.0 Å². The third-order valence-corrected chi connectivity index (χ3v) is 2.28. The number of esters is 1. The van der Waals surface area contributed by atoms with Crippen LogP contribution in [0.15, 0.2) is 0 Å². The summed E-state index contributed by atoms with van der Waals surface area (Å²) >= 11 is 0. The highest BCUT2D eigenvalue weighted by Gasteiger charge is 2.37. The van der Waals surface area contributed by atoms with E-state index >= 15 is 0 Å². The summed E-state index contributed by atoms with van der Waals surface area (Å²) in [7, 11) is 1.23. The van der Waals surface area contributed by atoms with Gasteiger partial charge in [0.2, 0.25) is 0 Å². The van der Waals surface area contributed by atoms with Gasteiger partial charge >= 0.3 is 12.1 Å². The first-order valence-electron chi connectivity index (χ1n) is 4.80. The number of halogens is 3. The Labute approximate surface area is 86.2 Å². The minimum Gasteiger partial charge on any atom is -0.469 e. The van der Waals surface area contributed by atoms with E-state index < -0.39 is 18.7 Å². The molecule has 3 nitrogen and oxygen atoms in total. The molecule has 0 heterocycles. The maximum absolute atomic E-state index is 12.1. The van der Waals surface area contributed by atoms with Crippen LogP contribution in [0.5, 0.6) is 0 Å². The third-order valence-electron chi connectivity index (χ3n) is 2.28. The molecule has 0 amide bonds. The van der Waals surface area contributed by atoms with Crippen molar-refractivity contribution in [3.05, 3.63) is 0 Å². The molecular formula is C9H14F3NO2. The highest BCUT2D eigenvalue weighted by atomic mass is 19.4. The largest absolute Gasteiger partial charge is 0.469 e. The maximum Gasteiger partial charge on any atom is 0.401 e. The summed E-state index contributed by atoms with van der Waals surface area (Å²) in [6.07, 6.45) is -2.60. The summed E-state index contributed by atoms with van der Waals surface area (Å²) in [5, 5.41) is 0. The van der Waals surface area contributed by atoms with Crippen molar-refractivity contribution < 1.29 is 22.7 Å². The van der Waals surface area contributed by atoms with Crippen LogP contribution < -0.4 is 0 Å². The van der Waals surface area contributed by atoms with Gasteiger partial charge in [0, 0.05) is 12.6 Å². The molecule has 0 saturated heterocycles. The smallest absolute Gasteiger partial charge is 0.401 e. The molecule has 1 rings (SSSR count). The van der Waals surface area contributed by atoms with Crippen molar-refractivity contribution >= 4 is 5.97 Å². The SMILES string of the molecule is COC(=O)CCN(CC(F)(F)F)C1CC1. The molecule has 0 N–H and O–H groups in total. The van der Waals surface area contributed by atoms with Gasteiger partial charge in [0.25, 0.3) is 0 Å². The number of alkyl halides is 3. The van der Waals surface area contributed by atoms with E-state index in [2.05, 4.69) is 4.74 Å². The average Bonchev–Trinajstić information content (AvgIpc) is 2.92. The first-order chi connectivity index (χ1) is 6.92. The van der Waals surface area contributed by atoms with E-state index in [0.717, 1.165) is 12.8 Å². The lowest BCUT2D eigenvalue weighted by atomic mass is 10.3. The van der Waals surface area contributed by atoms with Gasteiger partial charge in [-0.05, 0) is 12.8 Å². The molecule has 0 aliphatic heterocycles. The molecule has 1 aliphatic carbocycles. The van der Waals surface area contributed by atoms with E-state index in [1.54, 1.807) is 0 Å². The van der Waals surface area contributed by atoms with Crippen LogP contribution in [0.25, 0.3) is 0 Å². The topological polar surface area (TPSA) is 29.5 Å². The lowest BCUT2D eigenvalue weighted by Gasteiger charge is -2.22. The Bertz CT molecular complexity index is 226. The second-order valence-corrected chi connectivity index (χ2v) is 3.64. The standard InChI is InChI=1S/C9H14F3NO2/c1-15-8(14)4-5-13(7-2-3-7)6-9(10,11)12/h7H,2-6H2,1H3. The molecule has 1 aliphatic rings. The maximum atomic E-state index is 12.1. The Morgan fingerprint density at radius 3 is 2.47 bits per heavy atom. The molecule has 0 aromatic carbocycles. The summed E-state index contributed by atoms with van der Waals surface area (Å²) in [6, 6.07) is -0.00344. The van der Waals surface area contributed by atoms with E-state index in [1.165, 1.54) is 12.0 Å². The quantitative estimate of drug-likeness (QED) is 0.665. The number of carbonyl (C=O) groups excluding carboxylic acids is 1. The summed E-state index contributed by atoms with van der Waals surface area (Å²) in [5.41, 5.74) is 0. The van der Waals surface area contributed by atoms with Crippen LogP contribution in [-0.2, 0) is 9.53 Å². The van der Waals surface area contributed by atoms with Gasteiger partial charge in [0.15, 0.2) is 0 Å². The Morgan fingerprint density at radius 1 is 1.47 bits per heavy atom. The van der Waals surface area contributed by atoms with Crippen LogP contribution in [0.3, 0.4) is 0 Å². The van der Waals surface area contributed by atoms with Gasteiger partial charge in [-0.25, -0.2) is 0 Å². The lowest BCUT2D eigenvalue weighted by Crippen LogP contribution is -2.37. The summed E-state index contributed by atoms with van der Waals surface area (Å²) < 4.78 is 40.8. The number of rotatable bonds is 5. The molecule has 0 aromatic rings. The second-order valence-electron chi connectivity index (χ2n) is 3.64. The van der Waals surface area contributed by atoms with Crippen LogP contribution >= 0.6 is 0 Å². The van der Waals surface area contributed by atoms with Crippen molar-refractivity contribution in [1.29, 1.82) is 0 Å². The Morgan fingerprint density at radius 2 is 2.07 bits per heavy atom. The second kappa shape index (κ2) is 4.83. The molecule has 0 bridgehead atoms. The van der Waals surface area contributed by atoms with Gasteiger partial charge in [-0.1, -0.05) is 0 Å². The highest BCUT2D eigenvalue weighted by molar-refractivity contribution is 5.69. The van der Waals surface area contributed by atoms with Crippen molar-refractivity contribution in [2.75, 3.05) is 20.2 Å². The van der Waals surface area contributed by atoms with Gasteiger partial charge in [-0.3, -0.25) is 9.69 Å². The van der Waals surface area contributed by atoms with Gasteiger partial charge in [0.05, 0.1) is 20.1 Å². The molecule has 88 valence electrons. The van der Waals surface area contributed by atoms with Crippen molar-refractivity contribution in [3.63, 3.8) is 0 Å². The molecule has 0 unspecified atom stereocenters. The predicted octanol–water partition coefficient (Wildman–Crippen LogP) is 1.58. The van der Waals surface area contributed by atoms with Crippen LogP contribution in [0.1, 0.15) is 19.3 Å². The fraction of sp³-hybridized carbons (Fsp3) is 0.889. The van der Waals surface area contributed by atoms with Gasteiger partial charge in [0.1, 0.15) is 0 Å². The van der Waals surface area contributed by atoms with Gasteiger partial charge in [-0.2, -0.15) is 13.2 Å². The molecule has 1 saturated carbocycles. The molecule has 0 radical (unpaired) electrons. The Balaban J connectivity index is 2.34. The monoisotopic (exact) mass is 225 g/mol. The van der Waals surface area contributed by atoms with Crippen molar-refractivity contribution in [2.24, 2.45) is 0 Å². The van der Waals surface area contributed by atoms with Crippen molar-refractivity contribution in [2.45, 2.75) is 31.5 Å². The fourth-order valence-electron chi connectivity index (χ4n) is 1.40. The Hall–Kier alpha value is -0.780. The normalized spacial score (nSPS) is 16.9. The van der Waals surface area contributed by atoms with Gasteiger partial charge in [-0.15, -0.1) is 0 Å². The molecule has 6 heteroatoms. The van der Waals surface area contributed by atoms with Crippen LogP contribution in [-0.4, -0.2) is 43.3 Å². The molecular weight excluding hydrogens is 211 g/mol. The van der Waals surface area contributed by atoms with Crippen LogP contribution in [0.4, 0.5) is 13.2 Å². The summed E-state index contributed by atoms with van der Waals surface area (Å²) in [5.74, 6) is -0.470. The van der Waals surface area contributed by atoms with E-state index in [0.29, 0.717) is 0 Å². The van der Waals surface area contributed by atoms with Crippen molar-refractivity contribution in [1.82, 2.24) is 4.90 Å².